The minimum atomic E-state index is -3.97. The van der Waals surface area contributed by atoms with E-state index in [1.807, 2.05) is 0 Å². The normalized spacial score (nSPS) is 17.8. The SMILES string of the molecule is CCO[Si](OCC)(OCC)C(Cl)C(Cl)(Cl)C(Cl)(Cl)C(Cl)(Cl)C(Cl)(Cl)C(Cl)(Cl)C(Cl)(Cl)C(Cl)C(Cl)C(Cl)Cl. The lowest BCUT2D eigenvalue weighted by atomic mass is 10.0. The van der Waals surface area contributed by atoms with E-state index in [0.717, 1.165) is 0 Å². The lowest BCUT2D eigenvalue weighted by Gasteiger charge is -2.54. The molecule has 0 aromatic rings. The van der Waals surface area contributed by atoms with E-state index >= 15 is 0 Å². The van der Waals surface area contributed by atoms with Crippen LogP contribution in [0.4, 0.5) is 0 Å². The molecule has 0 radical (unpaired) electrons. The van der Waals surface area contributed by atoms with Crippen LogP contribution in [0.1, 0.15) is 20.8 Å². The molecule has 0 fully saturated rings. The topological polar surface area (TPSA) is 27.7 Å². The molecule has 0 heterocycles. The van der Waals surface area contributed by atoms with E-state index in [1.54, 1.807) is 20.8 Å². The summed E-state index contributed by atoms with van der Waals surface area (Å²) in [7, 11) is -3.97. The van der Waals surface area contributed by atoms with E-state index in [-0.39, 0.29) is 19.8 Å². The fraction of sp³-hybridized carbons (Fsp3) is 1.00. The van der Waals surface area contributed by atoms with Crippen molar-refractivity contribution in [1.82, 2.24) is 0 Å². The van der Waals surface area contributed by atoms with Crippen LogP contribution < -0.4 is 0 Å². The van der Waals surface area contributed by atoms with Crippen molar-refractivity contribution in [2.24, 2.45) is 0 Å². The molecule has 0 aliphatic rings. The largest absolute Gasteiger partial charge is 0.523 e. The minimum Gasteiger partial charge on any atom is -0.373 e. The van der Waals surface area contributed by atoms with Gasteiger partial charge in [-0.05, 0) is 20.8 Å². The van der Waals surface area contributed by atoms with E-state index in [2.05, 4.69) is 0 Å². The summed E-state index contributed by atoms with van der Waals surface area (Å²) in [6.45, 7) is 5.16. The van der Waals surface area contributed by atoms with Crippen LogP contribution in [0.5, 0.6) is 0 Å². The lowest BCUT2D eigenvalue weighted by Crippen LogP contribution is -2.72. The van der Waals surface area contributed by atoms with Crippen LogP contribution in [0, 0.1) is 0 Å². The maximum Gasteiger partial charge on any atom is 0.523 e. The molecule has 0 bridgehead atoms. The summed E-state index contributed by atoms with van der Waals surface area (Å²) in [6.07, 6.45) is 0. The van der Waals surface area contributed by atoms with Gasteiger partial charge in [-0.2, -0.15) is 0 Å². The average Bonchev–Trinajstić information content (AvgIpc) is 2.76. The lowest BCUT2D eigenvalue weighted by molar-refractivity contribution is 0.0669. The predicted octanol–water partition coefficient (Wildman–Crippen LogP) is 11.2. The molecule has 0 saturated carbocycles. The van der Waals surface area contributed by atoms with Gasteiger partial charge in [-0.25, -0.2) is 0 Å². The quantitative estimate of drug-likeness (QED) is 0.114. The first-order valence-corrected chi connectivity index (χ1v) is 18.3. The highest BCUT2D eigenvalue weighted by atomic mass is 35.6. The zero-order chi connectivity index (χ0) is 30.1. The highest BCUT2D eigenvalue weighted by molar-refractivity contribution is 6.82. The Hall–Kier alpha value is 5.03. The van der Waals surface area contributed by atoms with Crippen molar-refractivity contribution in [3.8, 4) is 0 Å². The predicted molar refractivity (Wildman–Crippen MR) is 172 cm³/mol. The number of alkyl halides is 17. The van der Waals surface area contributed by atoms with Crippen LogP contribution in [0.3, 0.4) is 0 Å². The van der Waals surface area contributed by atoms with Crippen molar-refractivity contribution < 1.29 is 13.3 Å². The van der Waals surface area contributed by atoms with Crippen molar-refractivity contribution in [3.63, 3.8) is 0 Å². The van der Waals surface area contributed by atoms with Crippen molar-refractivity contribution in [2.45, 2.75) is 67.4 Å². The molecule has 3 nitrogen and oxygen atoms in total. The van der Waals surface area contributed by atoms with Crippen LogP contribution in [0.25, 0.3) is 0 Å². The average molecular weight is 890 g/mol. The van der Waals surface area contributed by atoms with Crippen molar-refractivity contribution in [2.75, 3.05) is 19.8 Å². The summed E-state index contributed by atoms with van der Waals surface area (Å²) >= 11 is 109. The third kappa shape index (κ3) is 8.06. The van der Waals surface area contributed by atoms with Gasteiger partial charge in [0.2, 0.25) is 0 Å². The molecule has 0 aliphatic carbocycles. The second kappa shape index (κ2) is 15.5. The van der Waals surface area contributed by atoms with E-state index in [1.165, 1.54) is 0 Å². The van der Waals surface area contributed by atoms with Crippen LogP contribution in [-0.2, 0) is 13.3 Å². The Morgan fingerprint density at radius 2 is 0.811 bits per heavy atom. The summed E-state index contributed by atoms with van der Waals surface area (Å²) in [5, 5.41) is -4.61. The molecule has 3 unspecified atom stereocenters. The summed E-state index contributed by atoms with van der Waals surface area (Å²) in [5.41, 5.74) is 0. The van der Waals surface area contributed by atoms with Crippen molar-refractivity contribution >= 4 is 206 Å². The molecule has 0 aromatic heterocycles. The van der Waals surface area contributed by atoms with Gasteiger partial charge in [-0.15, -0.1) is 58.0 Å². The van der Waals surface area contributed by atoms with Crippen LogP contribution in [0.15, 0.2) is 0 Å². The second-order valence-corrected chi connectivity index (χ2v) is 20.7. The van der Waals surface area contributed by atoms with Crippen LogP contribution >= 0.6 is 197 Å². The Morgan fingerprint density at radius 3 is 1.08 bits per heavy atom. The molecule has 224 valence electrons. The summed E-state index contributed by atoms with van der Waals surface area (Å²) in [6, 6.07) is 0. The number of halogens is 17. The second-order valence-electron chi connectivity index (χ2n) is 6.99. The smallest absolute Gasteiger partial charge is 0.373 e. The summed E-state index contributed by atoms with van der Waals surface area (Å²) in [4.78, 5) is -1.30. The Morgan fingerprint density at radius 1 is 0.514 bits per heavy atom. The molecule has 0 aliphatic heterocycles. The summed E-state index contributed by atoms with van der Waals surface area (Å²) < 4.78 is 0.332. The molecule has 0 N–H and O–H groups in total. The first-order valence-electron chi connectivity index (χ1n) is 9.74. The first-order chi connectivity index (χ1) is 16.4. The van der Waals surface area contributed by atoms with Crippen LogP contribution in [0.2, 0.25) is 0 Å². The van der Waals surface area contributed by atoms with Gasteiger partial charge in [0.05, 0.1) is 10.8 Å². The third-order valence-corrected chi connectivity index (χ3v) is 20.2. The molecule has 0 rings (SSSR count). The number of rotatable bonds is 16. The maximum atomic E-state index is 6.67. The fourth-order valence-electron chi connectivity index (χ4n) is 2.64. The molecular formula is C16H19Cl17O3Si. The maximum absolute atomic E-state index is 6.67. The molecular weight excluding hydrogens is 871 g/mol. The molecule has 0 aromatic carbocycles. The summed E-state index contributed by atoms with van der Waals surface area (Å²) in [5.74, 6) is 0. The zero-order valence-electron chi connectivity index (χ0n) is 18.6. The van der Waals surface area contributed by atoms with Gasteiger partial charge in [0.25, 0.3) is 0 Å². The zero-order valence-corrected chi connectivity index (χ0v) is 32.4. The van der Waals surface area contributed by atoms with Gasteiger partial charge >= 0.3 is 8.80 Å². The van der Waals surface area contributed by atoms with Gasteiger partial charge in [0.1, 0.15) is 9.84 Å². The van der Waals surface area contributed by atoms with Crippen molar-refractivity contribution in [3.05, 3.63) is 0 Å². The van der Waals surface area contributed by atoms with E-state index < -0.39 is 55.4 Å². The highest BCUT2D eigenvalue weighted by Crippen LogP contribution is 2.70. The van der Waals surface area contributed by atoms with Gasteiger partial charge in [-0.3, -0.25) is 0 Å². The van der Waals surface area contributed by atoms with E-state index in [4.69, 9.17) is 210 Å². The number of hydrogen-bond donors (Lipinski definition) is 0. The minimum absolute atomic E-state index is 0.0744. The van der Waals surface area contributed by atoms with E-state index in [9.17, 15) is 0 Å². The number of hydrogen-bond acceptors (Lipinski definition) is 3. The Kier molecular flexibility index (Phi) is 17.7. The van der Waals surface area contributed by atoms with E-state index in [0.29, 0.717) is 0 Å². The van der Waals surface area contributed by atoms with Gasteiger partial charge in [0.15, 0.2) is 26.0 Å². The van der Waals surface area contributed by atoms with Crippen molar-refractivity contribution in [1.29, 1.82) is 0 Å². The molecule has 21 heteroatoms. The Balaban J connectivity index is 6.87. The van der Waals surface area contributed by atoms with Gasteiger partial charge in [0, 0.05) is 19.8 Å². The van der Waals surface area contributed by atoms with Gasteiger partial charge in [-0.1, -0.05) is 139 Å². The Labute approximate surface area is 302 Å². The fourth-order valence-corrected chi connectivity index (χ4v) is 12.0. The first kappa shape index (κ1) is 42.0. The highest BCUT2D eigenvalue weighted by Gasteiger charge is 2.80. The van der Waals surface area contributed by atoms with Crippen LogP contribution in [-0.4, -0.2) is 75.2 Å². The molecule has 0 amide bonds. The molecule has 0 spiro atoms. The standard InChI is InChI=1S/C16H19Cl17O3Si/c1-4-34-37(35-5-2,36-6-3)10(21)12(24,25)14(28,29)16(32,33)15(30,31)13(26,27)11(22,23)8(18)7(17)9(19)20/h7-10H,4-6H2,1-3H3. The molecule has 37 heavy (non-hydrogen) atoms. The molecule has 3 atom stereocenters. The Bertz CT molecular complexity index is 718. The molecule has 0 saturated heterocycles. The monoisotopic (exact) mass is 882 g/mol. The third-order valence-electron chi connectivity index (χ3n) is 4.55. The van der Waals surface area contributed by atoms with Gasteiger partial charge < -0.3 is 13.3 Å².